The molecule has 0 bridgehead atoms. The van der Waals surface area contributed by atoms with Crippen LogP contribution in [0, 0.1) is 11.3 Å². The highest BCUT2D eigenvalue weighted by atomic mass is 32.2. The molecule has 2 fully saturated rings. The second-order valence-corrected chi connectivity index (χ2v) is 9.77. The summed E-state index contributed by atoms with van der Waals surface area (Å²) in [5, 5.41) is 12.8. The topological polar surface area (TPSA) is 93.6 Å². The number of carbonyl (C=O) groups is 1. The molecule has 2 saturated heterocycles. The van der Waals surface area contributed by atoms with Crippen LogP contribution in [0.4, 0.5) is 0 Å². The standard InChI is InChI=1S/C15H22N4O3S2/c1-15(9-12(20)18(2)14(16)17-15)11-5-3-7-19(10-11)24(21,22)13-6-4-8-23-13/h4,6,8,11H,3,5,7,9-10H2,1-2H3,(H2,16,17)/t11?,15-/m0/s1. The molecule has 0 spiro atoms. The normalized spacial score (nSPS) is 29.6. The third-order valence-corrected chi connectivity index (χ3v) is 8.24. The Morgan fingerprint density at radius 2 is 2.21 bits per heavy atom. The third kappa shape index (κ3) is 2.96. The summed E-state index contributed by atoms with van der Waals surface area (Å²) in [5.41, 5.74) is -0.593. The van der Waals surface area contributed by atoms with Gasteiger partial charge in [0.25, 0.3) is 10.0 Å². The maximum absolute atomic E-state index is 12.8. The molecule has 3 rings (SSSR count). The van der Waals surface area contributed by atoms with Crippen molar-refractivity contribution in [2.45, 2.75) is 35.9 Å². The van der Waals surface area contributed by atoms with Crippen molar-refractivity contribution >= 4 is 33.2 Å². The van der Waals surface area contributed by atoms with Crippen LogP contribution in [0.25, 0.3) is 0 Å². The van der Waals surface area contributed by atoms with Gasteiger partial charge in [0.05, 0.1) is 12.0 Å². The number of amides is 1. The van der Waals surface area contributed by atoms with Gasteiger partial charge in [-0.2, -0.15) is 4.31 Å². The zero-order valence-corrected chi connectivity index (χ0v) is 15.4. The molecule has 1 aromatic heterocycles. The first-order chi connectivity index (χ1) is 11.2. The fourth-order valence-corrected chi connectivity index (χ4v) is 6.09. The van der Waals surface area contributed by atoms with E-state index >= 15 is 0 Å². The van der Waals surface area contributed by atoms with E-state index in [9.17, 15) is 13.2 Å². The van der Waals surface area contributed by atoms with Gasteiger partial charge in [0, 0.05) is 20.1 Å². The SMILES string of the molecule is CN1C(=N)N[C@](C)(C2CCCN(S(=O)(=O)c3cccs3)C2)CC1=O. The zero-order valence-electron chi connectivity index (χ0n) is 13.8. The van der Waals surface area contributed by atoms with Crippen LogP contribution in [0.2, 0.25) is 0 Å². The van der Waals surface area contributed by atoms with Gasteiger partial charge in [0.2, 0.25) is 5.91 Å². The maximum atomic E-state index is 12.8. The van der Waals surface area contributed by atoms with Crippen LogP contribution in [-0.4, -0.2) is 55.2 Å². The summed E-state index contributed by atoms with van der Waals surface area (Å²) in [6.45, 7) is 2.78. The van der Waals surface area contributed by atoms with Crippen molar-refractivity contribution in [3.05, 3.63) is 17.5 Å². The number of nitrogens with one attached hydrogen (secondary N) is 2. The highest BCUT2D eigenvalue weighted by Gasteiger charge is 2.45. The van der Waals surface area contributed by atoms with Crippen LogP contribution < -0.4 is 5.32 Å². The van der Waals surface area contributed by atoms with Crippen molar-refractivity contribution in [2.24, 2.45) is 5.92 Å². The van der Waals surface area contributed by atoms with Gasteiger partial charge in [-0.3, -0.25) is 15.1 Å². The molecule has 0 saturated carbocycles. The molecule has 1 aromatic rings. The monoisotopic (exact) mass is 370 g/mol. The Labute approximate surface area is 146 Å². The molecule has 0 aliphatic carbocycles. The van der Waals surface area contributed by atoms with Crippen LogP contribution >= 0.6 is 11.3 Å². The lowest BCUT2D eigenvalue weighted by atomic mass is 9.77. The van der Waals surface area contributed by atoms with Crippen molar-refractivity contribution in [3.8, 4) is 0 Å². The van der Waals surface area contributed by atoms with E-state index in [0.717, 1.165) is 12.8 Å². The second kappa shape index (κ2) is 6.12. The molecule has 0 aromatic carbocycles. The third-order valence-electron chi connectivity index (χ3n) is 5.01. The van der Waals surface area contributed by atoms with Crippen molar-refractivity contribution in [3.63, 3.8) is 0 Å². The lowest BCUT2D eigenvalue weighted by Crippen LogP contribution is -2.65. The lowest BCUT2D eigenvalue weighted by Gasteiger charge is -2.47. The highest BCUT2D eigenvalue weighted by molar-refractivity contribution is 7.91. The molecule has 0 radical (unpaired) electrons. The fraction of sp³-hybridized carbons (Fsp3) is 0.600. The molecule has 1 amide bonds. The molecule has 132 valence electrons. The van der Waals surface area contributed by atoms with E-state index < -0.39 is 15.6 Å². The van der Waals surface area contributed by atoms with Gasteiger partial charge in [0.1, 0.15) is 4.21 Å². The average molecular weight is 371 g/mol. The van der Waals surface area contributed by atoms with E-state index in [0.29, 0.717) is 17.3 Å². The van der Waals surface area contributed by atoms with Gasteiger partial charge in [-0.1, -0.05) is 6.07 Å². The Bertz CT molecular complexity index is 727. The molecule has 2 aliphatic rings. The molecular weight excluding hydrogens is 348 g/mol. The predicted molar refractivity (Wildman–Crippen MR) is 92.5 cm³/mol. The Hall–Kier alpha value is -1.45. The molecule has 7 nitrogen and oxygen atoms in total. The van der Waals surface area contributed by atoms with Crippen LogP contribution in [0.15, 0.2) is 21.7 Å². The lowest BCUT2D eigenvalue weighted by molar-refractivity contribution is -0.130. The Morgan fingerprint density at radius 3 is 2.83 bits per heavy atom. The predicted octanol–water partition coefficient (Wildman–Crippen LogP) is 1.29. The minimum absolute atomic E-state index is 0.0148. The van der Waals surface area contributed by atoms with E-state index in [-0.39, 0.29) is 24.2 Å². The van der Waals surface area contributed by atoms with Crippen molar-refractivity contribution in [1.82, 2.24) is 14.5 Å². The van der Waals surface area contributed by atoms with Gasteiger partial charge in [-0.15, -0.1) is 11.3 Å². The van der Waals surface area contributed by atoms with Crippen LogP contribution in [-0.2, 0) is 14.8 Å². The Morgan fingerprint density at radius 1 is 1.46 bits per heavy atom. The molecule has 2 atom stereocenters. The van der Waals surface area contributed by atoms with Crippen molar-refractivity contribution in [1.29, 1.82) is 5.41 Å². The molecule has 3 heterocycles. The van der Waals surface area contributed by atoms with Crippen LogP contribution in [0.3, 0.4) is 0 Å². The maximum Gasteiger partial charge on any atom is 0.252 e. The summed E-state index contributed by atoms with van der Waals surface area (Å²) in [4.78, 5) is 13.4. The average Bonchev–Trinajstić information content (AvgIpc) is 3.08. The van der Waals surface area contributed by atoms with Crippen LogP contribution in [0.5, 0.6) is 0 Å². The van der Waals surface area contributed by atoms with Gasteiger partial charge >= 0.3 is 0 Å². The number of hydrogen-bond donors (Lipinski definition) is 2. The number of nitrogens with zero attached hydrogens (tertiary/aromatic N) is 2. The van der Waals surface area contributed by atoms with Gasteiger partial charge < -0.3 is 5.32 Å². The van der Waals surface area contributed by atoms with Gasteiger partial charge in [-0.25, -0.2) is 8.42 Å². The fourth-order valence-electron chi connectivity index (χ4n) is 3.42. The molecule has 2 N–H and O–H groups in total. The first kappa shape index (κ1) is 17.4. The summed E-state index contributed by atoms with van der Waals surface area (Å²) in [7, 11) is -1.90. The minimum atomic E-state index is -3.48. The van der Waals surface area contributed by atoms with Crippen LogP contribution in [0.1, 0.15) is 26.2 Å². The number of rotatable bonds is 3. The molecule has 24 heavy (non-hydrogen) atoms. The number of thiophene rings is 1. The zero-order chi connectivity index (χ0) is 17.5. The Balaban J connectivity index is 1.81. The molecular formula is C15H22N4O3S2. The number of piperidine rings is 1. The van der Waals surface area contributed by atoms with Crippen molar-refractivity contribution in [2.75, 3.05) is 20.1 Å². The van der Waals surface area contributed by atoms with Crippen molar-refractivity contribution < 1.29 is 13.2 Å². The van der Waals surface area contributed by atoms with E-state index in [1.165, 1.54) is 20.5 Å². The quantitative estimate of drug-likeness (QED) is 0.838. The summed E-state index contributed by atoms with van der Waals surface area (Å²) in [5.74, 6) is -0.0505. The second-order valence-electron chi connectivity index (χ2n) is 6.65. The van der Waals surface area contributed by atoms with Gasteiger partial charge in [-0.05, 0) is 37.1 Å². The minimum Gasteiger partial charge on any atom is -0.350 e. The smallest absolute Gasteiger partial charge is 0.252 e. The van der Waals surface area contributed by atoms with E-state index in [2.05, 4.69) is 5.32 Å². The number of sulfonamides is 1. The Kier molecular flexibility index (Phi) is 4.43. The first-order valence-corrected chi connectivity index (χ1v) is 10.2. The summed E-state index contributed by atoms with van der Waals surface area (Å²) < 4.78 is 27.4. The van der Waals surface area contributed by atoms with Gasteiger partial charge in [0.15, 0.2) is 5.96 Å². The highest BCUT2D eigenvalue weighted by Crippen LogP contribution is 2.34. The molecule has 9 heteroatoms. The number of carbonyl (C=O) groups excluding carboxylic acids is 1. The molecule has 1 unspecified atom stereocenters. The number of guanidine groups is 1. The van der Waals surface area contributed by atoms with E-state index in [1.807, 2.05) is 6.92 Å². The largest absolute Gasteiger partial charge is 0.350 e. The van der Waals surface area contributed by atoms with E-state index in [4.69, 9.17) is 5.41 Å². The number of hydrogen-bond acceptors (Lipinski definition) is 5. The first-order valence-electron chi connectivity index (χ1n) is 7.91. The van der Waals surface area contributed by atoms with E-state index in [1.54, 1.807) is 24.6 Å². The summed E-state index contributed by atoms with van der Waals surface area (Å²) >= 11 is 1.22. The summed E-state index contributed by atoms with van der Waals surface area (Å²) in [6.07, 6.45) is 1.86. The molecule has 2 aliphatic heterocycles. The summed E-state index contributed by atoms with van der Waals surface area (Å²) in [6, 6.07) is 3.36.